The number of ether oxygens (including phenoxy) is 3. The van der Waals surface area contributed by atoms with Crippen LogP contribution >= 0.6 is 0 Å². The van der Waals surface area contributed by atoms with Gasteiger partial charge in [-0.2, -0.15) is 0 Å². The van der Waals surface area contributed by atoms with Crippen LogP contribution in [0.15, 0.2) is 0 Å². The highest BCUT2D eigenvalue weighted by Gasteiger charge is 2.19. The Hall–Kier alpha value is -1.59. The maximum absolute atomic E-state index is 12.9. The number of carbonyl (C=O) groups is 3. The fourth-order valence-corrected chi connectivity index (χ4v) is 11.3. The van der Waals surface area contributed by atoms with Crippen molar-refractivity contribution >= 4 is 17.9 Å². The molecule has 0 heterocycles. The van der Waals surface area contributed by atoms with E-state index < -0.39 is 6.10 Å². The molecule has 0 radical (unpaired) electrons. The standard InChI is InChI=1S/C71H138O6/c1-4-7-10-13-16-19-22-25-27-29-31-33-34-35-36-37-39-40-42-44-46-49-52-55-58-61-64-70(73)76-67-68(66-75-69(72)63-60-57-54-51-48-24-21-18-15-12-9-6-3)77-71(74)65-62-59-56-53-50-47-45-43-41-38-32-30-28-26-23-20-17-14-11-8-5-2/h68H,4-67H2,1-3H3. The van der Waals surface area contributed by atoms with Crippen molar-refractivity contribution in [2.75, 3.05) is 13.2 Å². The average molecular weight is 1090 g/mol. The summed E-state index contributed by atoms with van der Waals surface area (Å²) in [5.74, 6) is -0.821. The molecule has 0 spiro atoms. The largest absolute Gasteiger partial charge is 0.462 e. The molecular formula is C71H138O6. The lowest BCUT2D eigenvalue weighted by Gasteiger charge is -2.18. The van der Waals surface area contributed by atoms with Gasteiger partial charge in [0.2, 0.25) is 0 Å². The highest BCUT2D eigenvalue weighted by Crippen LogP contribution is 2.19. The van der Waals surface area contributed by atoms with Crippen LogP contribution in [-0.4, -0.2) is 37.2 Å². The van der Waals surface area contributed by atoms with E-state index in [0.717, 1.165) is 57.8 Å². The average Bonchev–Trinajstić information content (AvgIpc) is 3.43. The van der Waals surface area contributed by atoms with Crippen molar-refractivity contribution in [2.24, 2.45) is 0 Å². The summed E-state index contributed by atoms with van der Waals surface area (Å²) in [5.41, 5.74) is 0. The minimum Gasteiger partial charge on any atom is -0.462 e. The molecule has 0 aliphatic heterocycles. The third kappa shape index (κ3) is 65.1. The third-order valence-electron chi connectivity index (χ3n) is 16.6. The molecule has 0 amide bonds. The van der Waals surface area contributed by atoms with Crippen molar-refractivity contribution in [1.29, 1.82) is 0 Å². The molecule has 0 saturated heterocycles. The Bertz CT molecular complexity index is 1160. The van der Waals surface area contributed by atoms with E-state index in [2.05, 4.69) is 20.8 Å². The Morgan fingerprint density at radius 1 is 0.208 bits per heavy atom. The summed E-state index contributed by atoms with van der Waals surface area (Å²) < 4.78 is 17.0. The topological polar surface area (TPSA) is 78.9 Å². The van der Waals surface area contributed by atoms with E-state index >= 15 is 0 Å². The Morgan fingerprint density at radius 3 is 0.519 bits per heavy atom. The van der Waals surface area contributed by atoms with E-state index in [1.165, 1.54) is 321 Å². The number of esters is 3. The molecule has 0 fully saturated rings. The molecule has 0 bridgehead atoms. The SMILES string of the molecule is CCCCCCCCCCCCCCCCCCCCCCCCCCCCC(=O)OCC(COC(=O)CCCCCCCCCCCCCC)OC(=O)CCCCCCCCCCCCCCCCCCCCCCC. The third-order valence-corrected chi connectivity index (χ3v) is 16.6. The molecule has 1 atom stereocenters. The molecule has 0 N–H and O–H groups in total. The smallest absolute Gasteiger partial charge is 0.306 e. The molecule has 458 valence electrons. The molecule has 1 unspecified atom stereocenters. The normalized spacial score (nSPS) is 11.9. The Labute approximate surface area is 482 Å². The summed E-state index contributed by atoms with van der Waals surface area (Å²) in [6, 6.07) is 0. The number of unbranched alkanes of at least 4 members (excludes halogenated alkanes) is 56. The van der Waals surface area contributed by atoms with E-state index in [0.29, 0.717) is 19.3 Å². The summed E-state index contributed by atoms with van der Waals surface area (Å²) >= 11 is 0. The maximum atomic E-state index is 12.9. The van der Waals surface area contributed by atoms with E-state index in [9.17, 15) is 14.4 Å². The van der Waals surface area contributed by atoms with Gasteiger partial charge in [0, 0.05) is 19.3 Å². The van der Waals surface area contributed by atoms with Crippen molar-refractivity contribution in [3.63, 3.8) is 0 Å². The molecule has 0 saturated carbocycles. The number of hydrogen-bond acceptors (Lipinski definition) is 6. The Balaban J connectivity index is 4.15. The van der Waals surface area contributed by atoms with Gasteiger partial charge in [-0.15, -0.1) is 0 Å². The zero-order chi connectivity index (χ0) is 55.7. The van der Waals surface area contributed by atoms with Crippen molar-refractivity contribution in [2.45, 2.75) is 425 Å². The Morgan fingerprint density at radius 2 is 0.351 bits per heavy atom. The quantitative estimate of drug-likeness (QED) is 0.0343. The zero-order valence-corrected chi connectivity index (χ0v) is 52.8. The predicted octanol–water partition coefficient (Wildman–Crippen LogP) is 24.2. The van der Waals surface area contributed by atoms with Gasteiger partial charge in [0.05, 0.1) is 0 Å². The first kappa shape index (κ1) is 75.4. The predicted molar refractivity (Wildman–Crippen MR) is 335 cm³/mol. The van der Waals surface area contributed by atoms with Gasteiger partial charge >= 0.3 is 17.9 Å². The first-order chi connectivity index (χ1) is 38.0. The van der Waals surface area contributed by atoms with E-state index in [1.54, 1.807) is 0 Å². The van der Waals surface area contributed by atoms with Crippen molar-refractivity contribution < 1.29 is 28.6 Å². The molecule has 0 aromatic rings. The number of carbonyl (C=O) groups excluding carboxylic acids is 3. The summed E-state index contributed by atoms with van der Waals surface area (Å²) in [7, 11) is 0. The van der Waals surface area contributed by atoms with E-state index in [1.807, 2.05) is 0 Å². The van der Waals surface area contributed by atoms with Crippen molar-refractivity contribution in [3.05, 3.63) is 0 Å². The molecule has 6 nitrogen and oxygen atoms in total. The lowest BCUT2D eigenvalue weighted by atomic mass is 10.0. The van der Waals surface area contributed by atoms with Crippen molar-refractivity contribution in [3.8, 4) is 0 Å². The van der Waals surface area contributed by atoms with Gasteiger partial charge < -0.3 is 14.2 Å². The molecule has 0 aromatic heterocycles. The minimum atomic E-state index is -0.763. The lowest BCUT2D eigenvalue weighted by Crippen LogP contribution is -2.30. The first-order valence-corrected chi connectivity index (χ1v) is 35.5. The molecule has 0 rings (SSSR count). The zero-order valence-electron chi connectivity index (χ0n) is 52.8. The van der Waals surface area contributed by atoms with Crippen LogP contribution in [0.3, 0.4) is 0 Å². The van der Waals surface area contributed by atoms with Crippen molar-refractivity contribution in [1.82, 2.24) is 0 Å². The van der Waals surface area contributed by atoms with Gasteiger partial charge in [-0.05, 0) is 19.3 Å². The maximum Gasteiger partial charge on any atom is 0.306 e. The summed E-state index contributed by atoms with van der Waals surface area (Å²) in [4.78, 5) is 38.4. The summed E-state index contributed by atoms with van der Waals surface area (Å²) in [6.07, 6.45) is 78.5. The first-order valence-electron chi connectivity index (χ1n) is 35.5. The molecule has 0 aromatic carbocycles. The van der Waals surface area contributed by atoms with Crippen LogP contribution in [0.1, 0.15) is 419 Å². The summed E-state index contributed by atoms with van der Waals surface area (Å²) in [5, 5.41) is 0. The van der Waals surface area contributed by atoms with E-state index in [4.69, 9.17) is 14.2 Å². The second-order valence-corrected chi connectivity index (χ2v) is 24.5. The fraction of sp³-hybridized carbons (Fsp3) is 0.958. The van der Waals surface area contributed by atoms with Crippen LogP contribution in [0.2, 0.25) is 0 Å². The van der Waals surface area contributed by atoms with Gasteiger partial charge in [-0.25, -0.2) is 0 Å². The van der Waals surface area contributed by atoms with Gasteiger partial charge in [0.25, 0.3) is 0 Å². The van der Waals surface area contributed by atoms with Gasteiger partial charge in [-0.1, -0.05) is 380 Å². The summed E-state index contributed by atoms with van der Waals surface area (Å²) in [6.45, 7) is 6.74. The number of rotatable bonds is 67. The highest BCUT2D eigenvalue weighted by atomic mass is 16.6. The van der Waals surface area contributed by atoms with Crippen LogP contribution in [0, 0.1) is 0 Å². The second kappa shape index (κ2) is 66.9. The molecule has 0 aliphatic carbocycles. The molecule has 77 heavy (non-hydrogen) atoms. The van der Waals surface area contributed by atoms with E-state index in [-0.39, 0.29) is 31.1 Å². The molecule has 6 heteroatoms. The second-order valence-electron chi connectivity index (χ2n) is 24.5. The highest BCUT2D eigenvalue weighted by molar-refractivity contribution is 5.71. The lowest BCUT2D eigenvalue weighted by molar-refractivity contribution is -0.167. The fourth-order valence-electron chi connectivity index (χ4n) is 11.3. The van der Waals surface area contributed by atoms with Crippen LogP contribution in [-0.2, 0) is 28.6 Å². The van der Waals surface area contributed by atoms with Gasteiger partial charge in [0.1, 0.15) is 13.2 Å². The van der Waals surface area contributed by atoms with Crippen LogP contribution in [0.5, 0.6) is 0 Å². The van der Waals surface area contributed by atoms with Crippen LogP contribution in [0.4, 0.5) is 0 Å². The molecule has 0 aliphatic rings. The van der Waals surface area contributed by atoms with Crippen LogP contribution < -0.4 is 0 Å². The monoisotopic (exact) mass is 1090 g/mol. The van der Waals surface area contributed by atoms with Gasteiger partial charge in [0.15, 0.2) is 6.10 Å². The van der Waals surface area contributed by atoms with Crippen LogP contribution in [0.25, 0.3) is 0 Å². The Kier molecular flexibility index (Phi) is 65.5. The molecular weight excluding hydrogens is 949 g/mol. The van der Waals surface area contributed by atoms with Gasteiger partial charge in [-0.3, -0.25) is 14.4 Å². The minimum absolute atomic E-state index is 0.0603. The number of hydrogen-bond donors (Lipinski definition) is 0.